The molecule has 0 aromatic heterocycles. The van der Waals surface area contributed by atoms with Crippen molar-refractivity contribution in [1.29, 1.82) is 0 Å². The van der Waals surface area contributed by atoms with Crippen molar-refractivity contribution >= 4 is 23.5 Å². The number of nitrogens with one attached hydrogen (secondary N) is 1. The molecule has 1 aromatic carbocycles. The first-order valence-corrected chi connectivity index (χ1v) is 11.5. The molecule has 1 saturated heterocycles. The Morgan fingerprint density at radius 2 is 1.82 bits per heavy atom. The van der Waals surface area contributed by atoms with Gasteiger partial charge in [-0.15, -0.1) is 0 Å². The summed E-state index contributed by atoms with van der Waals surface area (Å²) in [4.78, 5) is 39.8. The average Bonchev–Trinajstić information content (AvgIpc) is 2.93. The average molecular weight is 464 g/mol. The predicted molar refractivity (Wildman–Crippen MR) is 121 cm³/mol. The topological polar surface area (TPSA) is 129 Å². The Balaban J connectivity index is 1.51. The second kappa shape index (κ2) is 12.5. The van der Waals surface area contributed by atoms with E-state index in [4.69, 9.17) is 9.47 Å². The molecule has 2 aliphatic heterocycles. The quantitative estimate of drug-likeness (QED) is 0.392. The van der Waals surface area contributed by atoms with Crippen LogP contribution in [0.15, 0.2) is 24.3 Å². The molecule has 1 aromatic rings. The minimum Gasteiger partial charge on any atom is -0.489 e. The van der Waals surface area contributed by atoms with E-state index in [0.717, 1.165) is 57.0 Å². The number of ether oxygens (including phenoxy) is 2. The fourth-order valence-corrected chi connectivity index (χ4v) is 4.15. The number of carbonyl (C=O) groups excluding carboxylic acids is 1. The third-order valence-electron chi connectivity index (χ3n) is 5.94. The van der Waals surface area contributed by atoms with Gasteiger partial charge in [0, 0.05) is 13.1 Å². The van der Waals surface area contributed by atoms with Crippen molar-refractivity contribution in [3.05, 3.63) is 24.3 Å². The number of carboxylic acid groups (broad SMARTS) is 2. The molecule has 0 saturated carbocycles. The highest BCUT2D eigenvalue weighted by atomic mass is 16.5. The van der Waals surface area contributed by atoms with Gasteiger partial charge in [-0.2, -0.15) is 0 Å². The highest BCUT2D eigenvalue weighted by molar-refractivity contribution is 6.02. The number of para-hydroxylation sites is 2. The summed E-state index contributed by atoms with van der Waals surface area (Å²) in [5, 5.41) is 21.8. The number of unbranched alkanes of at least 4 members (excludes halogenated alkanes) is 3. The molecule has 0 bridgehead atoms. The van der Waals surface area contributed by atoms with Crippen LogP contribution in [0, 0.1) is 0 Å². The fourth-order valence-electron chi connectivity index (χ4n) is 4.15. The summed E-state index contributed by atoms with van der Waals surface area (Å²) in [5.74, 6) is -2.32. The van der Waals surface area contributed by atoms with E-state index in [-0.39, 0.29) is 6.61 Å². The molecule has 2 atom stereocenters. The zero-order valence-corrected chi connectivity index (χ0v) is 18.8. The van der Waals surface area contributed by atoms with Crippen molar-refractivity contribution in [2.45, 2.75) is 44.2 Å². The number of aliphatic carboxylic acids is 2. The number of hydrogen-bond donors (Lipinski definition) is 3. The van der Waals surface area contributed by atoms with Crippen molar-refractivity contribution < 1.29 is 34.1 Å². The lowest BCUT2D eigenvalue weighted by Gasteiger charge is -2.26. The zero-order valence-electron chi connectivity index (χ0n) is 18.8. The van der Waals surface area contributed by atoms with Gasteiger partial charge in [-0.25, -0.2) is 0 Å². The molecule has 10 nitrogen and oxygen atoms in total. The molecule has 10 heteroatoms. The number of carbonyl (C=O) groups is 3. The normalized spacial score (nSPS) is 19.9. The number of rotatable bonds is 12. The maximum atomic E-state index is 13.1. The Bertz CT molecular complexity index is 813. The van der Waals surface area contributed by atoms with Gasteiger partial charge in [0.05, 0.1) is 18.9 Å². The Hall–Kier alpha value is -2.69. The monoisotopic (exact) mass is 463 g/mol. The summed E-state index contributed by atoms with van der Waals surface area (Å²) in [6.07, 6.45) is 4.07. The van der Waals surface area contributed by atoms with Crippen LogP contribution in [-0.2, 0) is 19.1 Å². The SMILES string of the molecule is O=C(O)CN1C(=O)C(N[C@@H](CCCCCCN2CCOCC2)C(=O)O)COc2ccccc21. The van der Waals surface area contributed by atoms with Crippen LogP contribution in [0.2, 0.25) is 0 Å². The van der Waals surface area contributed by atoms with Gasteiger partial charge in [0.15, 0.2) is 0 Å². The maximum Gasteiger partial charge on any atom is 0.323 e. The van der Waals surface area contributed by atoms with E-state index in [9.17, 15) is 24.6 Å². The van der Waals surface area contributed by atoms with E-state index in [1.54, 1.807) is 24.3 Å². The molecule has 182 valence electrons. The highest BCUT2D eigenvalue weighted by Crippen LogP contribution is 2.31. The van der Waals surface area contributed by atoms with Crippen LogP contribution in [0.25, 0.3) is 0 Å². The molecule has 1 amide bonds. The van der Waals surface area contributed by atoms with E-state index >= 15 is 0 Å². The number of anilines is 1. The Kier molecular flexibility index (Phi) is 9.47. The summed E-state index contributed by atoms with van der Waals surface area (Å²) in [6.45, 7) is 3.91. The van der Waals surface area contributed by atoms with Gasteiger partial charge < -0.3 is 19.7 Å². The fraction of sp³-hybridized carbons (Fsp3) is 0.609. The largest absolute Gasteiger partial charge is 0.489 e. The van der Waals surface area contributed by atoms with Crippen molar-refractivity contribution in [1.82, 2.24) is 10.2 Å². The van der Waals surface area contributed by atoms with Crippen LogP contribution in [-0.4, -0.2) is 91.0 Å². The lowest BCUT2D eigenvalue weighted by Crippen LogP contribution is -2.54. The van der Waals surface area contributed by atoms with Crippen LogP contribution >= 0.6 is 0 Å². The molecule has 33 heavy (non-hydrogen) atoms. The Morgan fingerprint density at radius 1 is 1.09 bits per heavy atom. The van der Waals surface area contributed by atoms with Crippen molar-refractivity contribution in [2.24, 2.45) is 0 Å². The second-order valence-corrected chi connectivity index (χ2v) is 8.36. The molecule has 0 radical (unpaired) electrons. The third-order valence-corrected chi connectivity index (χ3v) is 5.94. The standard InChI is InChI=1S/C23H33N3O7/c27-21(28)15-26-19-8-4-5-9-20(19)33-16-18(22(26)29)24-17(23(30)31)7-3-1-2-6-10-25-11-13-32-14-12-25/h4-5,8-9,17-18,24H,1-3,6-7,10-16H2,(H,27,28)(H,30,31)/t17-,18?/m0/s1. The maximum absolute atomic E-state index is 13.1. The van der Waals surface area contributed by atoms with Gasteiger partial charge in [-0.05, 0) is 31.5 Å². The molecular formula is C23H33N3O7. The first kappa shape index (κ1) is 24.9. The number of nitrogens with zero attached hydrogens (tertiary/aromatic N) is 2. The first-order chi connectivity index (χ1) is 16.0. The van der Waals surface area contributed by atoms with Gasteiger partial charge in [-0.1, -0.05) is 31.4 Å². The molecule has 0 spiro atoms. The van der Waals surface area contributed by atoms with Gasteiger partial charge in [0.25, 0.3) is 0 Å². The number of hydrogen-bond acceptors (Lipinski definition) is 7. The van der Waals surface area contributed by atoms with Gasteiger partial charge in [0.1, 0.15) is 31.0 Å². The van der Waals surface area contributed by atoms with E-state index < -0.39 is 36.5 Å². The predicted octanol–water partition coefficient (Wildman–Crippen LogP) is 1.19. The van der Waals surface area contributed by atoms with Gasteiger partial charge >= 0.3 is 11.9 Å². The molecule has 2 heterocycles. The highest BCUT2D eigenvalue weighted by Gasteiger charge is 2.35. The smallest absolute Gasteiger partial charge is 0.323 e. The van der Waals surface area contributed by atoms with Crippen molar-refractivity contribution in [3.8, 4) is 5.75 Å². The van der Waals surface area contributed by atoms with Crippen molar-refractivity contribution in [2.75, 3.05) is 50.9 Å². The zero-order chi connectivity index (χ0) is 23.6. The number of amides is 1. The Morgan fingerprint density at radius 3 is 2.55 bits per heavy atom. The number of fused-ring (bicyclic) bond motifs is 1. The number of morpholine rings is 1. The molecule has 1 unspecified atom stereocenters. The van der Waals surface area contributed by atoms with E-state index in [2.05, 4.69) is 10.2 Å². The van der Waals surface area contributed by atoms with Crippen LogP contribution in [0.4, 0.5) is 5.69 Å². The third kappa shape index (κ3) is 7.41. The summed E-state index contributed by atoms with van der Waals surface area (Å²) >= 11 is 0. The lowest BCUT2D eigenvalue weighted by molar-refractivity contribution is -0.141. The minimum absolute atomic E-state index is 0.0741. The van der Waals surface area contributed by atoms with Crippen LogP contribution < -0.4 is 15.0 Å². The van der Waals surface area contributed by atoms with Crippen molar-refractivity contribution in [3.63, 3.8) is 0 Å². The Labute approximate surface area is 193 Å². The molecule has 0 aliphatic carbocycles. The molecule has 3 N–H and O–H groups in total. The van der Waals surface area contributed by atoms with E-state index in [0.29, 0.717) is 24.3 Å². The minimum atomic E-state index is -1.16. The van der Waals surface area contributed by atoms with Gasteiger partial charge in [0.2, 0.25) is 5.91 Å². The first-order valence-electron chi connectivity index (χ1n) is 11.5. The van der Waals surface area contributed by atoms with Crippen LogP contribution in [0.5, 0.6) is 5.75 Å². The van der Waals surface area contributed by atoms with Crippen LogP contribution in [0.1, 0.15) is 32.1 Å². The number of benzene rings is 1. The lowest BCUT2D eigenvalue weighted by atomic mass is 10.1. The molecule has 2 aliphatic rings. The summed E-state index contributed by atoms with van der Waals surface area (Å²) in [6, 6.07) is 4.82. The summed E-state index contributed by atoms with van der Waals surface area (Å²) < 4.78 is 11.1. The number of carboxylic acids is 2. The van der Waals surface area contributed by atoms with Crippen LogP contribution in [0.3, 0.4) is 0 Å². The summed E-state index contributed by atoms with van der Waals surface area (Å²) in [5.41, 5.74) is 0.362. The van der Waals surface area contributed by atoms with Gasteiger partial charge in [-0.3, -0.25) is 29.5 Å². The molecular weight excluding hydrogens is 430 g/mol. The molecule has 1 fully saturated rings. The second-order valence-electron chi connectivity index (χ2n) is 8.36. The molecule has 3 rings (SSSR count). The van der Waals surface area contributed by atoms with E-state index in [1.807, 2.05) is 0 Å². The van der Waals surface area contributed by atoms with E-state index in [1.165, 1.54) is 0 Å². The summed E-state index contributed by atoms with van der Waals surface area (Å²) in [7, 11) is 0.